The molecule has 0 unspecified atom stereocenters. The molecule has 0 bridgehead atoms. The topological polar surface area (TPSA) is 34.2 Å². The SMILES string of the molecule is CNCCc1cncc2c1CCOC2. The van der Waals surface area contributed by atoms with E-state index < -0.39 is 0 Å². The predicted molar refractivity (Wildman–Crippen MR) is 55.2 cm³/mol. The van der Waals surface area contributed by atoms with E-state index in [4.69, 9.17) is 4.74 Å². The Balaban J connectivity index is 2.21. The van der Waals surface area contributed by atoms with Gasteiger partial charge in [0.1, 0.15) is 0 Å². The van der Waals surface area contributed by atoms with Crippen LogP contribution in [0.5, 0.6) is 0 Å². The van der Waals surface area contributed by atoms with Gasteiger partial charge in [-0.05, 0) is 43.1 Å². The molecule has 1 aromatic heterocycles. The molecule has 0 aliphatic carbocycles. The number of aromatic nitrogens is 1. The van der Waals surface area contributed by atoms with Crippen molar-refractivity contribution >= 4 is 0 Å². The second kappa shape index (κ2) is 4.53. The van der Waals surface area contributed by atoms with Crippen molar-refractivity contribution in [3.05, 3.63) is 29.1 Å². The van der Waals surface area contributed by atoms with Crippen molar-refractivity contribution < 1.29 is 4.74 Å². The Morgan fingerprint density at radius 3 is 3.29 bits per heavy atom. The summed E-state index contributed by atoms with van der Waals surface area (Å²) in [7, 11) is 1.98. The largest absolute Gasteiger partial charge is 0.376 e. The van der Waals surface area contributed by atoms with Gasteiger partial charge in [0, 0.05) is 12.4 Å². The van der Waals surface area contributed by atoms with Gasteiger partial charge in [0.05, 0.1) is 13.2 Å². The van der Waals surface area contributed by atoms with Crippen LogP contribution in [0.3, 0.4) is 0 Å². The lowest BCUT2D eigenvalue weighted by molar-refractivity contribution is 0.110. The molecule has 0 spiro atoms. The molecule has 0 atom stereocenters. The number of rotatable bonds is 3. The Kier molecular flexibility index (Phi) is 3.11. The van der Waals surface area contributed by atoms with Crippen molar-refractivity contribution in [2.24, 2.45) is 0 Å². The molecule has 2 rings (SSSR count). The zero-order valence-electron chi connectivity index (χ0n) is 8.55. The molecule has 0 saturated heterocycles. The lowest BCUT2D eigenvalue weighted by Crippen LogP contribution is -2.16. The molecule has 3 nitrogen and oxygen atoms in total. The normalized spacial score (nSPS) is 15.2. The van der Waals surface area contributed by atoms with Crippen LogP contribution in [0.4, 0.5) is 0 Å². The van der Waals surface area contributed by atoms with Crippen LogP contribution in [0.25, 0.3) is 0 Å². The second-order valence-electron chi connectivity index (χ2n) is 3.59. The number of nitrogens with one attached hydrogen (secondary N) is 1. The van der Waals surface area contributed by atoms with Crippen LogP contribution < -0.4 is 5.32 Å². The van der Waals surface area contributed by atoms with Gasteiger partial charge in [-0.15, -0.1) is 0 Å². The standard InChI is InChI=1S/C11H16N2O/c1-12-4-2-9-6-13-7-10-8-14-5-3-11(9)10/h6-7,12H,2-5,8H2,1H3. The van der Waals surface area contributed by atoms with E-state index in [1.54, 1.807) is 0 Å². The van der Waals surface area contributed by atoms with Gasteiger partial charge in [0.25, 0.3) is 0 Å². The Morgan fingerprint density at radius 1 is 1.50 bits per heavy atom. The average Bonchev–Trinajstić information content (AvgIpc) is 2.26. The van der Waals surface area contributed by atoms with Crippen molar-refractivity contribution in [1.29, 1.82) is 0 Å². The summed E-state index contributed by atoms with van der Waals surface area (Å²) in [4.78, 5) is 4.24. The van der Waals surface area contributed by atoms with Gasteiger partial charge in [0.2, 0.25) is 0 Å². The maximum atomic E-state index is 5.40. The lowest BCUT2D eigenvalue weighted by Gasteiger charge is -2.19. The first-order chi connectivity index (χ1) is 6.92. The zero-order valence-corrected chi connectivity index (χ0v) is 8.55. The Labute approximate surface area is 84.5 Å². The van der Waals surface area contributed by atoms with Crippen molar-refractivity contribution in [2.45, 2.75) is 19.4 Å². The summed E-state index contributed by atoms with van der Waals surface area (Å²) in [6.07, 6.45) is 6.02. The molecule has 1 aromatic rings. The fourth-order valence-corrected chi connectivity index (χ4v) is 1.86. The smallest absolute Gasteiger partial charge is 0.0734 e. The molecule has 0 saturated carbocycles. The van der Waals surface area contributed by atoms with Gasteiger partial charge in [0.15, 0.2) is 0 Å². The van der Waals surface area contributed by atoms with E-state index in [9.17, 15) is 0 Å². The molecular weight excluding hydrogens is 176 g/mol. The number of likely N-dealkylation sites (N-methyl/N-ethyl adjacent to an activating group) is 1. The highest BCUT2D eigenvalue weighted by molar-refractivity contribution is 5.33. The highest BCUT2D eigenvalue weighted by atomic mass is 16.5. The summed E-state index contributed by atoms with van der Waals surface area (Å²) in [6, 6.07) is 0. The summed E-state index contributed by atoms with van der Waals surface area (Å²) in [6.45, 7) is 2.60. The summed E-state index contributed by atoms with van der Waals surface area (Å²) < 4.78 is 5.40. The van der Waals surface area contributed by atoms with Crippen LogP contribution in [-0.4, -0.2) is 25.2 Å². The van der Waals surface area contributed by atoms with Crippen LogP contribution in [0.1, 0.15) is 16.7 Å². The molecular formula is C11H16N2O. The minimum Gasteiger partial charge on any atom is -0.376 e. The number of hydrogen-bond acceptors (Lipinski definition) is 3. The van der Waals surface area contributed by atoms with Crippen LogP contribution in [0.2, 0.25) is 0 Å². The van der Waals surface area contributed by atoms with Gasteiger partial charge in [-0.2, -0.15) is 0 Å². The highest BCUT2D eigenvalue weighted by Gasteiger charge is 2.12. The number of ether oxygens (including phenoxy) is 1. The molecule has 1 aliphatic rings. The quantitative estimate of drug-likeness (QED) is 0.773. The Bertz CT molecular complexity index is 312. The van der Waals surface area contributed by atoms with E-state index in [-0.39, 0.29) is 0 Å². The van der Waals surface area contributed by atoms with E-state index in [1.807, 2.05) is 19.4 Å². The minimum atomic E-state index is 0.732. The first-order valence-corrected chi connectivity index (χ1v) is 5.09. The van der Waals surface area contributed by atoms with Crippen LogP contribution in [-0.2, 0) is 24.2 Å². The predicted octanol–water partition coefficient (Wildman–Crippen LogP) is 0.916. The second-order valence-corrected chi connectivity index (χ2v) is 3.59. The van der Waals surface area contributed by atoms with E-state index in [0.29, 0.717) is 0 Å². The maximum Gasteiger partial charge on any atom is 0.0734 e. The van der Waals surface area contributed by atoms with Crippen molar-refractivity contribution in [1.82, 2.24) is 10.3 Å². The maximum absolute atomic E-state index is 5.40. The number of hydrogen-bond donors (Lipinski definition) is 1. The third-order valence-electron chi connectivity index (χ3n) is 2.63. The van der Waals surface area contributed by atoms with E-state index in [0.717, 1.165) is 32.6 Å². The summed E-state index contributed by atoms with van der Waals surface area (Å²) in [5.74, 6) is 0. The molecule has 2 heterocycles. The summed E-state index contributed by atoms with van der Waals surface area (Å²) in [5.41, 5.74) is 4.10. The number of fused-ring (bicyclic) bond motifs is 1. The van der Waals surface area contributed by atoms with Gasteiger partial charge in [-0.25, -0.2) is 0 Å². The molecule has 0 radical (unpaired) electrons. The van der Waals surface area contributed by atoms with E-state index in [2.05, 4.69) is 10.3 Å². The van der Waals surface area contributed by atoms with Gasteiger partial charge < -0.3 is 10.1 Å². The molecule has 3 heteroatoms. The summed E-state index contributed by atoms with van der Waals surface area (Å²) in [5, 5.41) is 3.16. The number of pyridine rings is 1. The Morgan fingerprint density at radius 2 is 2.43 bits per heavy atom. The molecule has 76 valence electrons. The van der Waals surface area contributed by atoms with Crippen molar-refractivity contribution in [3.8, 4) is 0 Å². The first-order valence-electron chi connectivity index (χ1n) is 5.09. The molecule has 1 N–H and O–H groups in total. The molecule has 0 fully saturated rings. The Hall–Kier alpha value is -0.930. The highest BCUT2D eigenvalue weighted by Crippen LogP contribution is 2.19. The van der Waals surface area contributed by atoms with Crippen molar-refractivity contribution in [3.63, 3.8) is 0 Å². The lowest BCUT2D eigenvalue weighted by atomic mass is 9.98. The first kappa shape index (κ1) is 9.62. The van der Waals surface area contributed by atoms with Gasteiger partial charge in [-0.1, -0.05) is 0 Å². The fraction of sp³-hybridized carbons (Fsp3) is 0.545. The van der Waals surface area contributed by atoms with Crippen LogP contribution in [0.15, 0.2) is 12.4 Å². The van der Waals surface area contributed by atoms with Gasteiger partial charge in [-0.3, -0.25) is 4.98 Å². The summed E-state index contributed by atoms with van der Waals surface area (Å²) >= 11 is 0. The third-order valence-corrected chi connectivity index (χ3v) is 2.63. The monoisotopic (exact) mass is 192 g/mol. The minimum absolute atomic E-state index is 0.732. The fourth-order valence-electron chi connectivity index (χ4n) is 1.86. The molecule has 0 aromatic carbocycles. The van der Waals surface area contributed by atoms with E-state index in [1.165, 1.54) is 16.7 Å². The molecule has 14 heavy (non-hydrogen) atoms. The average molecular weight is 192 g/mol. The zero-order chi connectivity index (χ0) is 9.80. The van der Waals surface area contributed by atoms with Crippen molar-refractivity contribution in [2.75, 3.05) is 20.2 Å². The van der Waals surface area contributed by atoms with Gasteiger partial charge >= 0.3 is 0 Å². The van der Waals surface area contributed by atoms with Crippen LogP contribution in [0, 0.1) is 0 Å². The number of nitrogens with zero attached hydrogens (tertiary/aromatic N) is 1. The van der Waals surface area contributed by atoms with E-state index >= 15 is 0 Å². The van der Waals surface area contributed by atoms with Crippen LogP contribution >= 0.6 is 0 Å². The molecule has 1 aliphatic heterocycles. The third kappa shape index (κ3) is 1.94. The molecule has 0 amide bonds.